The third-order valence-electron chi connectivity index (χ3n) is 2.28. The number of carbonyl (C=O) groups is 1. The van der Waals surface area contributed by atoms with Crippen LogP contribution in [0.2, 0.25) is 0 Å². The van der Waals surface area contributed by atoms with Crippen LogP contribution in [0.5, 0.6) is 0 Å². The fourth-order valence-electron chi connectivity index (χ4n) is 1.54. The van der Waals surface area contributed by atoms with Gasteiger partial charge in [0.15, 0.2) is 17.1 Å². The molecular weight excluding hydrogens is 222 g/mol. The second kappa shape index (κ2) is 3.57. The maximum Gasteiger partial charge on any atom is 0.164 e. The zero-order valence-corrected chi connectivity index (χ0v) is 9.03. The van der Waals surface area contributed by atoms with Crippen molar-refractivity contribution in [2.75, 3.05) is 0 Å². The summed E-state index contributed by atoms with van der Waals surface area (Å²) in [5, 5.41) is 1.78. The van der Waals surface area contributed by atoms with Crippen LogP contribution in [0, 0.1) is 0 Å². The fraction of sp³-hybridized carbons (Fsp3) is 0. The molecule has 3 rings (SSSR count). The van der Waals surface area contributed by atoms with Crippen molar-refractivity contribution >= 4 is 28.6 Å². The van der Waals surface area contributed by atoms with E-state index in [9.17, 15) is 4.79 Å². The van der Waals surface area contributed by atoms with Gasteiger partial charge in [-0.25, -0.2) is 4.98 Å². The Hall–Kier alpha value is -1.94. The van der Waals surface area contributed by atoms with Crippen molar-refractivity contribution < 1.29 is 9.21 Å². The first-order valence-corrected chi connectivity index (χ1v) is 5.58. The Balaban J connectivity index is 2.14. The molecule has 1 aromatic carbocycles. The normalized spacial score (nSPS) is 10.8. The number of hydrogen-bond acceptors (Lipinski definition) is 4. The summed E-state index contributed by atoms with van der Waals surface area (Å²) in [5.74, 6) is 0.708. The average Bonchev–Trinajstić information content (AvgIpc) is 2.95. The van der Waals surface area contributed by atoms with Crippen molar-refractivity contribution in [1.82, 2.24) is 4.98 Å². The molecular formula is C12H7NO2S. The molecule has 16 heavy (non-hydrogen) atoms. The van der Waals surface area contributed by atoms with Gasteiger partial charge in [-0.15, -0.1) is 11.3 Å². The number of rotatable bonds is 2. The fourth-order valence-corrected chi connectivity index (χ4v) is 2.23. The topological polar surface area (TPSA) is 43.1 Å². The summed E-state index contributed by atoms with van der Waals surface area (Å²) in [4.78, 5) is 15.3. The number of hydrogen-bond donors (Lipinski definition) is 0. The van der Waals surface area contributed by atoms with Crippen molar-refractivity contribution in [2.24, 2.45) is 0 Å². The van der Waals surface area contributed by atoms with Gasteiger partial charge in [-0.1, -0.05) is 18.2 Å². The van der Waals surface area contributed by atoms with Gasteiger partial charge < -0.3 is 4.42 Å². The van der Waals surface area contributed by atoms with Crippen molar-refractivity contribution in [3.8, 4) is 10.8 Å². The Bertz CT molecular complexity index is 621. The largest absolute Gasteiger partial charge is 0.454 e. The van der Waals surface area contributed by atoms with Crippen LogP contribution in [0.15, 0.2) is 40.9 Å². The molecule has 3 nitrogen and oxygen atoms in total. The van der Waals surface area contributed by atoms with Crippen molar-refractivity contribution in [2.45, 2.75) is 0 Å². The highest BCUT2D eigenvalue weighted by molar-refractivity contribution is 7.16. The summed E-state index contributed by atoms with van der Waals surface area (Å²) >= 11 is 1.33. The molecule has 0 N–H and O–H groups in total. The van der Waals surface area contributed by atoms with Crippen LogP contribution in [0.4, 0.5) is 0 Å². The molecule has 0 radical (unpaired) electrons. The first-order chi connectivity index (χ1) is 7.86. The van der Waals surface area contributed by atoms with E-state index in [2.05, 4.69) is 4.98 Å². The molecule has 0 spiro atoms. The van der Waals surface area contributed by atoms with Gasteiger partial charge in [0.05, 0.1) is 4.88 Å². The van der Waals surface area contributed by atoms with Crippen LogP contribution in [-0.4, -0.2) is 11.3 Å². The minimum Gasteiger partial charge on any atom is -0.454 e. The quantitative estimate of drug-likeness (QED) is 0.633. The van der Waals surface area contributed by atoms with Gasteiger partial charge >= 0.3 is 0 Å². The van der Waals surface area contributed by atoms with E-state index in [4.69, 9.17) is 4.42 Å². The van der Waals surface area contributed by atoms with Gasteiger partial charge in [-0.3, -0.25) is 4.79 Å². The molecule has 0 fully saturated rings. The lowest BCUT2D eigenvalue weighted by Gasteiger charge is -1.85. The predicted molar refractivity (Wildman–Crippen MR) is 62.7 cm³/mol. The van der Waals surface area contributed by atoms with E-state index < -0.39 is 0 Å². The van der Waals surface area contributed by atoms with Crippen molar-refractivity contribution in [3.05, 3.63) is 41.4 Å². The van der Waals surface area contributed by atoms with Crippen LogP contribution >= 0.6 is 11.3 Å². The van der Waals surface area contributed by atoms with E-state index in [0.717, 1.165) is 22.3 Å². The molecule has 0 unspecified atom stereocenters. The molecule has 2 aromatic heterocycles. The average molecular weight is 229 g/mol. The number of aromatic nitrogens is 1. The monoisotopic (exact) mass is 229 g/mol. The van der Waals surface area contributed by atoms with E-state index in [0.29, 0.717) is 10.6 Å². The van der Waals surface area contributed by atoms with E-state index in [1.807, 2.05) is 30.3 Å². The SMILES string of the molecule is O=Cc1cnc(-c2cc3ccccc3o2)s1. The number of benzene rings is 1. The first kappa shape index (κ1) is 9.30. The van der Waals surface area contributed by atoms with Crippen LogP contribution in [0.25, 0.3) is 21.7 Å². The van der Waals surface area contributed by atoms with Gasteiger partial charge in [-0.2, -0.15) is 0 Å². The summed E-state index contributed by atoms with van der Waals surface area (Å²) in [5.41, 5.74) is 0.834. The van der Waals surface area contributed by atoms with Crippen molar-refractivity contribution in [1.29, 1.82) is 0 Å². The lowest BCUT2D eigenvalue weighted by Crippen LogP contribution is -1.66. The third kappa shape index (κ3) is 1.44. The summed E-state index contributed by atoms with van der Waals surface area (Å²) in [6.45, 7) is 0. The smallest absolute Gasteiger partial charge is 0.164 e. The number of para-hydroxylation sites is 1. The second-order valence-corrected chi connectivity index (χ2v) is 4.40. The summed E-state index contributed by atoms with van der Waals surface area (Å²) < 4.78 is 5.64. The van der Waals surface area contributed by atoms with Gasteiger partial charge in [0.2, 0.25) is 0 Å². The van der Waals surface area contributed by atoms with E-state index in [1.54, 1.807) is 6.20 Å². The highest BCUT2D eigenvalue weighted by Gasteiger charge is 2.09. The van der Waals surface area contributed by atoms with Crippen LogP contribution in [0.3, 0.4) is 0 Å². The molecule has 0 aliphatic carbocycles. The summed E-state index contributed by atoms with van der Waals surface area (Å²) in [6.07, 6.45) is 2.35. The molecule has 0 amide bonds. The molecule has 0 saturated heterocycles. The molecule has 0 aliphatic heterocycles. The van der Waals surface area contributed by atoms with Gasteiger partial charge in [0.1, 0.15) is 5.58 Å². The maximum absolute atomic E-state index is 10.6. The first-order valence-electron chi connectivity index (χ1n) is 4.77. The third-order valence-corrected chi connectivity index (χ3v) is 3.21. The van der Waals surface area contributed by atoms with E-state index in [-0.39, 0.29) is 0 Å². The van der Waals surface area contributed by atoms with Crippen LogP contribution in [-0.2, 0) is 0 Å². The summed E-state index contributed by atoms with van der Waals surface area (Å²) in [7, 11) is 0. The van der Waals surface area contributed by atoms with Crippen LogP contribution < -0.4 is 0 Å². The van der Waals surface area contributed by atoms with Gasteiger partial charge in [0, 0.05) is 11.6 Å². The molecule has 0 bridgehead atoms. The Kier molecular flexibility index (Phi) is 2.08. The second-order valence-electron chi connectivity index (χ2n) is 3.33. The highest BCUT2D eigenvalue weighted by atomic mass is 32.1. The van der Waals surface area contributed by atoms with E-state index >= 15 is 0 Å². The standard InChI is InChI=1S/C12H7NO2S/c14-7-9-6-13-12(16-9)11-5-8-3-1-2-4-10(8)15-11/h1-7H. The Labute approximate surface area is 95.4 Å². The number of carbonyl (C=O) groups excluding carboxylic acids is 1. The number of aldehydes is 1. The molecule has 2 heterocycles. The minimum absolute atomic E-state index is 0.607. The molecule has 4 heteroatoms. The number of furan rings is 1. The highest BCUT2D eigenvalue weighted by Crippen LogP contribution is 2.30. The zero-order chi connectivity index (χ0) is 11.0. The lowest BCUT2D eigenvalue weighted by molar-refractivity contribution is 0.112. The molecule has 3 aromatic rings. The Morgan fingerprint density at radius 3 is 2.94 bits per heavy atom. The predicted octanol–water partition coefficient (Wildman–Crippen LogP) is 3.37. The molecule has 0 atom stereocenters. The Morgan fingerprint density at radius 1 is 1.31 bits per heavy atom. The Morgan fingerprint density at radius 2 is 2.19 bits per heavy atom. The zero-order valence-electron chi connectivity index (χ0n) is 8.21. The van der Waals surface area contributed by atoms with Crippen molar-refractivity contribution in [3.63, 3.8) is 0 Å². The molecule has 0 saturated carbocycles. The molecule has 0 aliphatic rings. The van der Waals surface area contributed by atoms with Crippen LogP contribution in [0.1, 0.15) is 9.67 Å². The lowest BCUT2D eigenvalue weighted by atomic mass is 10.2. The van der Waals surface area contributed by atoms with E-state index in [1.165, 1.54) is 11.3 Å². The van der Waals surface area contributed by atoms with Gasteiger partial charge in [-0.05, 0) is 12.1 Å². The number of fused-ring (bicyclic) bond motifs is 1. The van der Waals surface area contributed by atoms with Gasteiger partial charge in [0.25, 0.3) is 0 Å². The summed E-state index contributed by atoms with van der Waals surface area (Å²) in [6, 6.07) is 9.71. The number of nitrogens with zero attached hydrogens (tertiary/aromatic N) is 1. The maximum atomic E-state index is 10.6. The number of thiazole rings is 1. The molecule has 78 valence electrons. The minimum atomic E-state index is 0.607.